The van der Waals surface area contributed by atoms with Crippen LogP contribution in [0.4, 0.5) is 0 Å². The third-order valence-electron chi connectivity index (χ3n) is 10.0. The van der Waals surface area contributed by atoms with Crippen molar-refractivity contribution in [2.45, 2.75) is 117 Å². The van der Waals surface area contributed by atoms with Crippen molar-refractivity contribution in [3.8, 4) is 11.8 Å². The van der Waals surface area contributed by atoms with Crippen molar-refractivity contribution in [1.82, 2.24) is 19.9 Å². The predicted molar refractivity (Wildman–Crippen MR) is 213 cm³/mol. The average Bonchev–Trinajstić information content (AvgIpc) is 3.95. The van der Waals surface area contributed by atoms with E-state index in [-0.39, 0.29) is 0 Å². The molecule has 5 aromatic rings. The van der Waals surface area contributed by atoms with Crippen molar-refractivity contribution in [1.29, 1.82) is 0 Å². The quantitative estimate of drug-likeness (QED) is 0.0634. The van der Waals surface area contributed by atoms with E-state index in [1.807, 2.05) is 12.1 Å². The zero-order chi connectivity index (χ0) is 35.8. The number of hydrogen-bond acceptors (Lipinski definition) is 1. The lowest BCUT2D eigenvalue weighted by Gasteiger charge is -2.09. The first kappa shape index (κ1) is 36.1. The second-order valence-electron chi connectivity index (χ2n) is 14.7. The van der Waals surface area contributed by atoms with Crippen molar-refractivity contribution < 1.29 is 5.11 Å². The molecule has 1 aromatic carbocycles. The van der Waals surface area contributed by atoms with Crippen LogP contribution in [-0.2, 0) is 0 Å². The molecule has 0 amide bonds. The molecule has 5 heterocycles. The Balaban J connectivity index is 1.62. The van der Waals surface area contributed by atoms with Crippen molar-refractivity contribution >= 4 is 22.3 Å². The first-order valence-electron chi connectivity index (χ1n) is 19.4. The molecule has 5 N–H and O–H groups in total. The SMILES string of the molecule is CCCCCC1=c2ccc([nH]2)=C(CCCCC)c2ccc([nH]2)C(c2ccc(C#CC(C)(C)O)cc2)=c2ccc([nH]2)=C(CCCCC)c2ccc1[nH]2. The number of H-pyrrole nitrogens is 4. The van der Waals surface area contributed by atoms with Gasteiger partial charge in [-0.15, -0.1) is 0 Å². The van der Waals surface area contributed by atoms with E-state index in [0.717, 1.165) is 70.9 Å². The Labute approximate surface area is 303 Å². The molecule has 0 aliphatic carbocycles. The van der Waals surface area contributed by atoms with Gasteiger partial charge in [-0.25, -0.2) is 0 Å². The molecule has 0 unspecified atom stereocenters. The van der Waals surface area contributed by atoms with E-state index in [0.29, 0.717) is 0 Å². The van der Waals surface area contributed by atoms with Crippen molar-refractivity contribution in [2.24, 2.45) is 0 Å². The molecule has 1 aliphatic rings. The molecule has 5 heteroatoms. The number of nitrogens with one attached hydrogen (secondary N) is 4. The van der Waals surface area contributed by atoms with E-state index in [1.165, 1.54) is 83.8 Å². The molecule has 0 spiro atoms. The number of aliphatic hydroxyl groups is 1. The Hall–Kier alpha value is -4.66. The van der Waals surface area contributed by atoms with Crippen LogP contribution in [0.1, 0.15) is 146 Å². The average molecular weight is 681 g/mol. The van der Waals surface area contributed by atoms with Gasteiger partial charge in [0.2, 0.25) is 0 Å². The summed E-state index contributed by atoms with van der Waals surface area (Å²) in [5, 5.41) is 14.8. The lowest BCUT2D eigenvalue weighted by atomic mass is 10.0. The van der Waals surface area contributed by atoms with Gasteiger partial charge in [-0.3, -0.25) is 0 Å². The van der Waals surface area contributed by atoms with Crippen LogP contribution in [0.2, 0.25) is 0 Å². The molecule has 1 aliphatic heterocycles. The maximum atomic E-state index is 10.2. The summed E-state index contributed by atoms with van der Waals surface area (Å²) in [6, 6.07) is 26.5. The van der Waals surface area contributed by atoms with Gasteiger partial charge in [-0.2, -0.15) is 0 Å². The van der Waals surface area contributed by atoms with E-state index in [2.05, 4.69) is 113 Å². The lowest BCUT2D eigenvalue weighted by Crippen LogP contribution is -2.18. The van der Waals surface area contributed by atoms with Crippen LogP contribution >= 0.6 is 0 Å². The van der Waals surface area contributed by atoms with Crippen LogP contribution in [0.5, 0.6) is 0 Å². The number of hydrogen-bond donors (Lipinski definition) is 5. The summed E-state index contributed by atoms with van der Waals surface area (Å²) in [5.41, 5.74) is 10.7. The topological polar surface area (TPSA) is 83.4 Å². The van der Waals surface area contributed by atoms with Crippen LogP contribution in [0.3, 0.4) is 0 Å². The zero-order valence-electron chi connectivity index (χ0n) is 31.4. The van der Waals surface area contributed by atoms with Crippen molar-refractivity contribution in [3.05, 3.63) is 128 Å². The van der Waals surface area contributed by atoms with Gasteiger partial charge in [-0.1, -0.05) is 83.3 Å². The summed E-state index contributed by atoms with van der Waals surface area (Å²) in [4.78, 5) is 15.6. The molecule has 0 radical (unpaired) electrons. The molecule has 5 nitrogen and oxygen atoms in total. The second-order valence-corrected chi connectivity index (χ2v) is 14.7. The smallest absolute Gasteiger partial charge is 0.120 e. The first-order valence-corrected chi connectivity index (χ1v) is 19.4. The summed E-state index contributed by atoms with van der Waals surface area (Å²) in [6.45, 7) is 10.2. The highest BCUT2D eigenvalue weighted by Crippen LogP contribution is 2.26. The largest absolute Gasteiger partial charge is 0.378 e. The maximum absolute atomic E-state index is 10.2. The van der Waals surface area contributed by atoms with E-state index >= 15 is 0 Å². The minimum Gasteiger partial charge on any atom is -0.378 e. The number of rotatable bonds is 13. The third-order valence-corrected chi connectivity index (χ3v) is 10.0. The maximum Gasteiger partial charge on any atom is 0.120 e. The Morgan fingerprint density at radius 2 is 0.902 bits per heavy atom. The molecule has 0 saturated carbocycles. The zero-order valence-corrected chi connectivity index (χ0v) is 31.4. The number of aromatic amines is 4. The summed E-state index contributed by atoms with van der Waals surface area (Å²) in [6.07, 6.45) is 13.7. The molecular formula is C46H56N4O. The van der Waals surface area contributed by atoms with Crippen LogP contribution in [0.15, 0.2) is 72.8 Å². The van der Waals surface area contributed by atoms with Crippen LogP contribution in [0, 0.1) is 11.8 Å². The van der Waals surface area contributed by atoms with Gasteiger partial charge in [0.05, 0.1) is 0 Å². The van der Waals surface area contributed by atoms with Crippen LogP contribution in [-0.4, -0.2) is 30.6 Å². The Morgan fingerprint density at radius 3 is 1.35 bits per heavy atom. The Bertz CT molecular complexity index is 2230. The van der Waals surface area contributed by atoms with Gasteiger partial charge in [0.1, 0.15) is 5.60 Å². The summed E-state index contributed by atoms with van der Waals surface area (Å²) >= 11 is 0. The molecule has 4 aromatic heterocycles. The monoisotopic (exact) mass is 680 g/mol. The normalized spacial score (nSPS) is 13.1. The molecule has 8 bridgehead atoms. The molecular weight excluding hydrogens is 625 g/mol. The molecule has 6 rings (SSSR count). The minimum absolute atomic E-state index is 0.878. The number of aromatic nitrogens is 4. The number of benzene rings is 1. The van der Waals surface area contributed by atoms with Gasteiger partial charge < -0.3 is 25.0 Å². The third kappa shape index (κ3) is 8.81. The van der Waals surface area contributed by atoms with Crippen LogP contribution in [0.25, 0.3) is 22.3 Å². The van der Waals surface area contributed by atoms with Gasteiger partial charge in [0, 0.05) is 55.3 Å². The highest BCUT2D eigenvalue weighted by molar-refractivity contribution is 5.79. The van der Waals surface area contributed by atoms with Crippen LogP contribution < -0.4 is 21.4 Å². The Morgan fingerprint density at radius 1 is 0.490 bits per heavy atom. The standard InChI is InChI=1S/C46H56N4O/c1-6-9-12-15-34-37-22-24-39(47-37)35(16-13-10-7-2)41-26-28-43(49-41)45(33-20-18-32(19-21-33)30-31-46(4,5)51)44-29-27-42(50-44)36(17-14-11-8-3)40-25-23-38(34)48-40/h18-29,47-51H,6-17H2,1-5H3. The van der Waals surface area contributed by atoms with Crippen molar-refractivity contribution in [3.63, 3.8) is 0 Å². The van der Waals surface area contributed by atoms with E-state index in [4.69, 9.17) is 0 Å². The molecule has 266 valence electrons. The fourth-order valence-corrected chi connectivity index (χ4v) is 7.23. The second kappa shape index (κ2) is 16.6. The van der Waals surface area contributed by atoms with E-state index in [1.54, 1.807) is 13.8 Å². The summed E-state index contributed by atoms with van der Waals surface area (Å²) < 4.78 is 0. The van der Waals surface area contributed by atoms with Gasteiger partial charge in [0.25, 0.3) is 0 Å². The number of unbranched alkanes of at least 4 members (excludes halogenated alkanes) is 6. The van der Waals surface area contributed by atoms with Gasteiger partial charge >= 0.3 is 0 Å². The number of fused-ring (bicyclic) bond motifs is 8. The highest BCUT2D eigenvalue weighted by Gasteiger charge is 2.16. The predicted octanol–water partition coefficient (Wildman–Crippen LogP) is 8.02. The fraction of sp³-hybridized carbons (Fsp3) is 0.391. The Kier molecular flexibility index (Phi) is 11.7. The highest BCUT2D eigenvalue weighted by atomic mass is 16.3. The molecule has 0 atom stereocenters. The minimum atomic E-state index is -1.04. The molecule has 0 fully saturated rings. The summed E-state index contributed by atoms with van der Waals surface area (Å²) in [7, 11) is 0. The van der Waals surface area contributed by atoms with Gasteiger partial charge in [-0.05, 0) is 135 Å². The van der Waals surface area contributed by atoms with E-state index in [9.17, 15) is 5.11 Å². The molecule has 51 heavy (non-hydrogen) atoms. The van der Waals surface area contributed by atoms with Gasteiger partial charge in [0.15, 0.2) is 0 Å². The summed E-state index contributed by atoms with van der Waals surface area (Å²) in [5.74, 6) is 6.08. The molecule has 0 saturated heterocycles. The van der Waals surface area contributed by atoms with E-state index < -0.39 is 5.60 Å². The fourth-order valence-electron chi connectivity index (χ4n) is 7.23. The lowest BCUT2D eigenvalue weighted by molar-refractivity contribution is 0.143. The van der Waals surface area contributed by atoms with Crippen molar-refractivity contribution in [2.75, 3.05) is 0 Å². The first-order chi connectivity index (χ1) is 24.8.